The molecule has 0 aliphatic heterocycles. The van der Waals surface area contributed by atoms with Crippen LogP contribution in [0.15, 0.2) is 49.1 Å². The molecule has 0 atom stereocenters. The van der Waals surface area contributed by atoms with Gasteiger partial charge in [0.1, 0.15) is 5.69 Å². The second-order valence-corrected chi connectivity index (χ2v) is 5.87. The average Bonchev–Trinajstić information content (AvgIpc) is 3.17. The van der Waals surface area contributed by atoms with Crippen molar-refractivity contribution >= 4 is 23.2 Å². The minimum absolute atomic E-state index is 0.156. The zero-order chi connectivity index (χ0) is 15.2. The van der Waals surface area contributed by atoms with E-state index in [1.807, 2.05) is 24.3 Å². The maximum Gasteiger partial charge on any atom is 0.270 e. The van der Waals surface area contributed by atoms with Crippen molar-refractivity contribution in [3.63, 3.8) is 0 Å². The summed E-state index contributed by atoms with van der Waals surface area (Å²) in [7, 11) is 0. The summed E-state index contributed by atoms with van der Waals surface area (Å²) in [6.07, 6.45) is 8.33. The lowest BCUT2D eigenvalue weighted by molar-refractivity contribution is 0.0925. The lowest BCUT2D eigenvalue weighted by Crippen LogP contribution is -2.35. The SMILES string of the molecule is O=C(NC1(c2ccccc2Cl)CC1)c1cnc2cnccn12. The third-order valence-corrected chi connectivity index (χ3v) is 4.37. The summed E-state index contributed by atoms with van der Waals surface area (Å²) < 4.78 is 1.73. The van der Waals surface area contributed by atoms with Crippen LogP contribution in [0.4, 0.5) is 0 Å². The van der Waals surface area contributed by atoms with Gasteiger partial charge in [-0.25, -0.2) is 4.98 Å². The second kappa shape index (κ2) is 4.81. The molecular formula is C16H13ClN4O. The minimum atomic E-state index is -0.355. The number of hydrogen-bond acceptors (Lipinski definition) is 3. The molecule has 1 N–H and O–H groups in total. The molecule has 3 aromatic rings. The molecule has 1 amide bonds. The summed E-state index contributed by atoms with van der Waals surface area (Å²) in [5, 5.41) is 3.80. The number of benzene rings is 1. The van der Waals surface area contributed by atoms with Gasteiger partial charge in [0.25, 0.3) is 5.91 Å². The van der Waals surface area contributed by atoms with Crippen molar-refractivity contribution in [2.75, 3.05) is 0 Å². The van der Waals surface area contributed by atoms with Crippen molar-refractivity contribution in [3.8, 4) is 0 Å². The molecule has 2 aromatic heterocycles. The Labute approximate surface area is 132 Å². The van der Waals surface area contributed by atoms with E-state index in [0.29, 0.717) is 16.4 Å². The standard InChI is InChI=1S/C16H13ClN4O/c17-12-4-2-1-3-11(12)16(5-6-16)20-15(22)13-9-19-14-10-18-7-8-21(13)14/h1-4,7-10H,5-6H2,(H,20,22). The maximum atomic E-state index is 12.6. The first-order valence-corrected chi connectivity index (χ1v) is 7.42. The molecule has 1 aliphatic carbocycles. The molecule has 0 spiro atoms. The topological polar surface area (TPSA) is 59.3 Å². The smallest absolute Gasteiger partial charge is 0.270 e. The Bertz CT molecular complexity index is 869. The van der Waals surface area contributed by atoms with E-state index >= 15 is 0 Å². The summed E-state index contributed by atoms with van der Waals surface area (Å²) in [5.74, 6) is -0.156. The van der Waals surface area contributed by atoms with Crippen LogP contribution in [-0.4, -0.2) is 20.3 Å². The summed E-state index contributed by atoms with van der Waals surface area (Å²) >= 11 is 6.28. The van der Waals surface area contributed by atoms with E-state index in [1.165, 1.54) is 0 Å². The summed E-state index contributed by atoms with van der Waals surface area (Å²) in [4.78, 5) is 20.8. The number of amides is 1. The number of fused-ring (bicyclic) bond motifs is 1. The van der Waals surface area contributed by atoms with Crippen LogP contribution in [0, 0.1) is 0 Å². The van der Waals surface area contributed by atoms with Crippen molar-refractivity contribution in [1.29, 1.82) is 0 Å². The molecule has 0 unspecified atom stereocenters. The highest BCUT2D eigenvalue weighted by atomic mass is 35.5. The van der Waals surface area contributed by atoms with Gasteiger partial charge in [0.2, 0.25) is 0 Å². The summed E-state index contributed by atoms with van der Waals surface area (Å²) in [6, 6.07) is 7.64. The number of imidazole rings is 1. The van der Waals surface area contributed by atoms with E-state index in [2.05, 4.69) is 15.3 Å². The third-order valence-electron chi connectivity index (χ3n) is 4.04. The molecule has 0 bridgehead atoms. The molecule has 1 aromatic carbocycles. The molecule has 0 saturated heterocycles. The van der Waals surface area contributed by atoms with Crippen LogP contribution in [0.25, 0.3) is 5.65 Å². The highest BCUT2D eigenvalue weighted by molar-refractivity contribution is 6.31. The number of rotatable bonds is 3. The average molecular weight is 313 g/mol. The Balaban J connectivity index is 1.66. The lowest BCUT2D eigenvalue weighted by atomic mass is 10.0. The number of carbonyl (C=O) groups excluding carboxylic acids is 1. The van der Waals surface area contributed by atoms with Crippen LogP contribution in [0.2, 0.25) is 5.02 Å². The molecule has 22 heavy (non-hydrogen) atoms. The Kier molecular flexibility index (Phi) is 2.90. The molecule has 1 saturated carbocycles. The van der Waals surface area contributed by atoms with Gasteiger partial charge in [0.15, 0.2) is 5.65 Å². The zero-order valence-corrected chi connectivity index (χ0v) is 12.4. The summed E-state index contributed by atoms with van der Waals surface area (Å²) in [6.45, 7) is 0. The normalized spacial score (nSPS) is 15.7. The Hall–Kier alpha value is -2.40. The number of nitrogens with zero attached hydrogens (tertiary/aromatic N) is 3. The van der Waals surface area contributed by atoms with Gasteiger partial charge in [0.05, 0.1) is 17.9 Å². The van der Waals surface area contributed by atoms with E-state index in [9.17, 15) is 4.79 Å². The fourth-order valence-corrected chi connectivity index (χ4v) is 3.04. The highest BCUT2D eigenvalue weighted by Crippen LogP contribution is 2.48. The number of nitrogens with one attached hydrogen (secondary N) is 1. The first kappa shape index (κ1) is 13.3. The molecule has 2 heterocycles. The van der Waals surface area contributed by atoms with Gasteiger partial charge in [-0.3, -0.25) is 14.2 Å². The fraction of sp³-hybridized carbons (Fsp3) is 0.188. The van der Waals surface area contributed by atoms with Crippen molar-refractivity contribution in [3.05, 3.63) is 65.3 Å². The van der Waals surface area contributed by atoms with Gasteiger partial charge in [-0.15, -0.1) is 0 Å². The maximum absolute atomic E-state index is 12.6. The Morgan fingerprint density at radius 2 is 2.09 bits per heavy atom. The quantitative estimate of drug-likeness (QED) is 0.809. The van der Waals surface area contributed by atoms with Crippen molar-refractivity contribution in [2.24, 2.45) is 0 Å². The second-order valence-electron chi connectivity index (χ2n) is 5.46. The number of aromatic nitrogens is 3. The van der Waals surface area contributed by atoms with E-state index in [0.717, 1.165) is 18.4 Å². The van der Waals surface area contributed by atoms with Crippen molar-refractivity contribution < 1.29 is 4.79 Å². The van der Waals surface area contributed by atoms with Crippen LogP contribution in [0.1, 0.15) is 28.9 Å². The lowest BCUT2D eigenvalue weighted by Gasteiger charge is -2.19. The van der Waals surface area contributed by atoms with Crippen LogP contribution < -0.4 is 5.32 Å². The van der Waals surface area contributed by atoms with Crippen LogP contribution in [0.3, 0.4) is 0 Å². The van der Waals surface area contributed by atoms with Crippen molar-refractivity contribution in [1.82, 2.24) is 19.7 Å². The van der Waals surface area contributed by atoms with Gasteiger partial charge >= 0.3 is 0 Å². The van der Waals surface area contributed by atoms with E-state index in [4.69, 9.17) is 11.6 Å². The largest absolute Gasteiger partial charge is 0.341 e. The van der Waals surface area contributed by atoms with Gasteiger partial charge in [0, 0.05) is 17.4 Å². The fourth-order valence-electron chi connectivity index (χ4n) is 2.73. The minimum Gasteiger partial charge on any atom is -0.341 e. The zero-order valence-electron chi connectivity index (χ0n) is 11.7. The molecule has 110 valence electrons. The Morgan fingerprint density at radius 1 is 1.27 bits per heavy atom. The highest BCUT2D eigenvalue weighted by Gasteiger charge is 2.47. The number of carbonyl (C=O) groups is 1. The van der Waals surface area contributed by atoms with Crippen molar-refractivity contribution in [2.45, 2.75) is 18.4 Å². The summed E-state index contributed by atoms with van der Waals surface area (Å²) in [5.41, 5.74) is 1.76. The molecule has 6 heteroatoms. The van der Waals surface area contributed by atoms with Gasteiger partial charge < -0.3 is 5.32 Å². The molecule has 0 radical (unpaired) electrons. The predicted octanol–water partition coefficient (Wildman–Crippen LogP) is 2.80. The first-order chi connectivity index (χ1) is 10.7. The van der Waals surface area contributed by atoms with E-state index < -0.39 is 0 Å². The van der Waals surface area contributed by atoms with Crippen LogP contribution in [-0.2, 0) is 5.54 Å². The van der Waals surface area contributed by atoms with E-state index in [-0.39, 0.29) is 11.4 Å². The van der Waals surface area contributed by atoms with Gasteiger partial charge in [-0.05, 0) is 24.5 Å². The first-order valence-electron chi connectivity index (χ1n) is 7.04. The number of hydrogen-bond donors (Lipinski definition) is 1. The molecule has 1 aliphatic rings. The molecule has 1 fully saturated rings. The molecule has 4 rings (SSSR count). The predicted molar refractivity (Wildman–Crippen MR) is 82.8 cm³/mol. The third kappa shape index (κ3) is 2.05. The van der Waals surface area contributed by atoms with Gasteiger partial charge in [-0.1, -0.05) is 29.8 Å². The van der Waals surface area contributed by atoms with Crippen LogP contribution in [0.5, 0.6) is 0 Å². The molecule has 5 nitrogen and oxygen atoms in total. The van der Waals surface area contributed by atoms with E-state index in [1.54, 1.807) is 29.2 Å². The van der Waals surface area contributed by atoms with Gasteiger partial charge in [-0.2, -0.15) is 0 Å². The van der Waals surface area contributed by atoms with Crippen LogP contribution >= 0.6 is 11.6 Å². The molecular weight excluding hydrogens is 300 g/mol. The Morgan fingerprint density at radius 3 is 2.86 bits per heavy atom. The monoisotopic (exact) mass is 312 g/mol. The number of halogens is 1.